The maximum atomic E-state index is 15.0. The Morgan fingerprint density at radius 3 is 2.02 bits per heavy atom. The fourth-order valence-electron chi connectivity index (χ4n) is 4.72. The molecule has 4 rings (SSSR count). The summed E-state index contributed by atoms with van der Waals surface area (Å²) in [5.41, 5.74) is 0.993. The molecule has 0 aliphatic rings. The molecule has 4 aromatic carbocycles. The Bertz CT molecular complexity index is 1700. The van der Waals surface area contributed by atoms with Gasteiger partial charge in [-0.05, 0) is 47.9 Å². The van der Waals surface area contributed by atoms with Crippen molar-refractivity contribution >= 4 is 50.7 Å². The summed E-state index contributed by atoms with van der Waals surface area (Å²) in [5, 5.41) is 3.23. The molecular weight excluding hydrogens is 636 g/mol. The normalized spacial score (nSPS) is 12.0. The second-order valence-corrected chi connectivity index (χ2v) is 13.6. The van der Waals surface area contributed by atoms with Gasteiger partial charge in [0.05, 0.1) is 10.6 Å². The first kappa shape index (κ1) is 34.0. The lowest BCUT2D eigenvalue weighted by Crippen LogP contribution is -2.53. The van der Waals surface area contributed by atoms with Crippen LogP contribution in [0.5, 0.6) is 0 Å². The van der Waals surface area contributed by atoms with Crippen molar-refractivity contribution in [3.8, 4) is 0 Å². The van der Waals surface area contributed by atoms with Gasteiger partial charge in [0.15, 0.2) is 0 Å². The van der Waals surface area contributed by atoms with Crippen molar-refractivity contribution in [2.24, 2.45) is 5.92 Å². The highest BCUT2D eigenvalue weighted by Crippen LogP contribution is 2.30. The van der Waals surface area contributed by atoms with E-state index in [1.807, 2.05) is 44.2 Å². The zero-order valence-electron chi connectivity index (χ0n) is 24.9. The van der Waals surface area contributed by atoms with Crippen LogP contribution in [-0.4, -0.2) is 44.3 Å². The second kappa shape index (κ2) is 15.4. The van der Waals surface area contributed by atoms with Crippen LogP contribution in [0.1, 0.15) is 25.0 Å². The first-order valence-corrected chi connectivity index (χ1v) is 16.5. The molecule has 0 radical (unpaired) electrons. The van der Waals surface area contributed by atoms with Gasteiger partial charge < -0.3 is 10.2 Å². The van der Waals surface area contributed by atoms with Crippen LogP contribution in [0.2, 0.25) is 10.0 Å². The number of nitrogens with zero attached hydrogens (tertiary/aromatic N) is 2. The Morgan fingerprint density at radius 2 is 1.42 bits per heavy atom. The lowest BCUT2D eigenvalue weighted by atomic mass is 10.0. The van der Waals surface area contributed by atoms with E-state index in [9.17, 15) is 18.0 Å². The number of anilines is 1. The summed E-state index contributed by atoms with van der Waals surface area (Å²) in [6.07, 6.45) is 0.111. The predicted octanol–water partition coefficient (Wildman–Crippen LogP) is 6.74. The average Bonchev–Trinajstić information content (AvgIpc) is 3.01. The standard InChI is InChI=1S/C34H34Cl2FN3O4S/c1-24(2)21-38-34(42)32(17-25-11-5-3-6-12-25)39(22-26-13-9-10-16-31(26)37)33(41)23-40(29-19-27(35)18-28(36)20-29)45(43,44)30-14-7-4-8-15-30/h3-16,18-20,24,32H,17,21-23H2,1-2H3,(H,38,42)/t32-/m1/s1. The lowest BCUT2D eigenvalue weighted by molar-refractivity contribution is -0.140. The monoisotopic (exact) mass is 669 g/mol. The van der Waals surface area contributed by atoms with Crippen LogP contribution in [0.4, 0.5) is 10.1 Å². The van der Waals surface area contributed by atoms with Gasteiger partial charge in [-0.15, -0.1) is 0 Å². The summed E-state index contributed by atoms with van der Waals surface area (Å²) in [6.45, 7) is 3.23. The Balaban J connectivity index is 1.82. The molecule has 0 heterocycles. The third kappa shape index (κ3) is 9.06. The van der Waals surface area contributed by atoms with Gasteiger partial charge in [-0.2, -0.15) is 0 Å². The number of benzene rings is 4. The van der Waals surface area contributed by atoms with Crippen LogP contribution in [0.25, 0.3) is 0 Å². The molecule has 0 aliphatic heterocycles. The van der Waals surface area contributed by atoms with Crippen LogP contribution >= 0.6 is 23.2 Å². The molecule has 7 nitrogen and oxygen atoms in total. The van der Waals surface area contributed by atoms with E-state index in [4.69, 9.17) is 23.2 Å². The number of rotatable bonds is 13. The van der Waals surface area contributed by atoms with Gasteiger partial charge in [-0.1, -0.05) is 104 Å². The van der Waals surface area contributed by atoms with Gasteiger partial charge in [-0.25, -0.2) is 12.8 Å². The smallest absolute Gasteiger partial charge is 0.264 e. The fourth-order valence-corrected chi connectivity index (χ4v) is 6.65. The second-order valence-electron chi connectivity index (χ2n) is 10.9. The summed E-state index contributed by atoms with van der Waals surface area (Å²) in [5.74, 6) is -1.61. The number of carbonyl (C=O) groups is 2. The maximum absolute atomic E-state index is 15.0. The van der Waals surface area contributed by atoms with E-state index >= 15 is 4.39 Å². The maximum Gasteiger partial charge on any atom is 0.264 e. The minimum absolute atomic E-state index is 0.0550. The van der Waals surface area contributed by atoms with Crippen LogP contribution in [0.15, 0.2) is 108 Å². The van der Waals surface area contributed by atoms with Gasteiger partial charge in [0, 0.05) is 35.1 Å². The minimum Gasteiger partial charge on any atom is -0.354 e. The Labute approximate surface area is 273 Å². The summed E-state index contributed by atoms with van der Waals surface area (Å²) in [6, 6.07) is 25.8. The third-order valence-corrected chi connectivity index (χ3v) is 9.22. The number of hydrogen-bond acceptors (Lipinski definition) is 4. The van der Waals surface area contributed by atoms with E-state index < -0.39 is 40.2 Å². The molecule has 2 amide bonds. The van der Waals surface area contributed by atoms with E-state index in [1.54, 1.807) is 24.3 Å². The van der Waals surface area contributed by atoms with E-state index in [1.165, 1.54) is 53.4 Å². The summed E-state index contributed by atoms with van der Waals surface area (Å²) < 4.78 is 44.0. The zero-order chi connectivity index (χ0) is 32.6. The Morgan fingerprint density at radius 1 is 0.844 bits per heavy atom. The summed E-state index contributed by atoms with van der Waals surface area (Å²) in [7, 11) is -4.33. The lowest BCUT2D eigenvalue weighted by Gasteiger charge is -2.34. The van der Waals surface area contributed by atoms with Gasteiger partial charge in [0.1, 0.15) is 18.4 Å². The predicted molar refractivity (Wildman–Crippen MR) is 176 cm³/mol. The van der Waals surface area contributed by atoms with Crippen LogP contribution in [0.3, 0.4) is 0 Å². The van der Waals surface area contributed by atoms with Gasteiger partial charge in [-0.3, -0.25) is 13.9 Å². The molecule has 236 valence electrons. The number of halogens is 3. The number of sulfonamides is 1. The molecule has 0 fully saturated rings. The summed E-state index contributed by atoms with van der Waals surface area (Å²) >= 11 is 12.5. The molecule has 4 aromatic rings. The third-order valence-electron chi connectivity index (χ3n) is 7.00. The van der Waals surface area contributed by atoms with Crippen LogP contribution < -0.4 is 9.62 Å². The van der Waals surface area contributed by atoms with Crippen molar-refractivity contribution in [2.45, 2.75) is 37.8 Å². The molecule has 0 aliphatic carbocycles. The van der Waals surface area contributed by atoms with Crippen molar-refractivity contribution in [3.05, 3.63) is 130 Å². The molecule has 0 spiro atoms. The SMILES string of the molecule is CC(C)CNC(=O)[C@@H](Cc1ccccc1)N(Cc1ccccc1F)C(=O)CN(c1cc(Cl)cc(Cl)c1)S(=O)(=O)c1ccccc1. The van der Waals surface area contributed by atoms with Crippen molar-refractivity contribution in [1.29, 1.82) is 0 Å². The average molecular weight is 671 g/mol. The van der Waals surface area contributed by atoms with E-state index in [0.717, 1.165) is 9.87 Å². The molecule has 11 heteroatoms. The first-order valence-electron chi connectivity index (χ1n) is 14.3. The molecule has 1 N–H and O–H groups in total. The first-order chi connectivity index (χ1) is 21.5. The van der Waals surface area contributed by atoms with Crippen LogP contribution in [0, 0.1) is 11.7 Å². The molecular formula is C34H34Cl2FN3O4S. The molecule has 0 saturated carbocycles. The quantitative estimate of drug-likeness (QED) is 0.171. The number of amides is 2. The van der Waals surface area contributed by atoms with Crippen molar-refractivity contribution in [2.75, 3.05) is 17.4 Å². The van der Waals surface area contributed by atoms with Crippen molar-refractivity contribution in [3.63, 3.8) is 0 Å². The topological polar surface area (TPSA) is 86.8 Å². The molecule has 0 aromatic heterocycles. The van der Waals surface area contributed by atoms with Gasteiger partial charge in [0.2, 0.25) is 11.8 Å². The van der Waals surface area contributed by atoms with Crippen molar-refractivity contribution in [1.82, 2.24) is 10.2 Å². The Kier molecular flexibility index (Phi) is 11.6. The number of nitrogens with one attached hydrogen (secondary N) is 1. The molecule has 45 heavy (non-hydrogen) atoms. The van der Waals surface area contributed by atoms with E-state index in [2.05, 4.69) is 5.32 Å². The fraction of sp³-hybridized carbons (Fsp3) is 0.235. The van der Waals surface area contributed by atoms with Gasteiger partial charge in [0.25, 0.3) is 10.0 Å². The molecule has 1 atom stereocenters. The van der Waals surface area contributed by atoms with E-state index in [0.29, 0.717) is 6.54 Å². The highest BCUT2D eigenvalue weighted by Gasteiger charge is 2.35. The van der Waals surface area contributed by atoms with Crippen LogP contribution in [-0.2, 0) is 32.6 Å². The van der Waals surface area contributed by atoms with E-state index in [-0.39, 0.29) is 45.1 Å². The largest absolute Gasteiger partial charge is 0.354 e. The van der Waals surface area contributed by atoms with Crippen molar-refractivity contribution < 1.29 is 22.4 Å². The Hall–Kier alpha value is -3.92. The highest BCUT2D eigenvalue weighted by atomic mass is 35.5. The minimum atomic E-state index is -4.33. The zero-order valence-corrected chi connectivity index (χ0v) is 27.2. The molecule has 0 saturated heterocycles. The molecule has 0 unspecified atom stereocenters. The highest BCUT2D eigenvalue weighted by molar-refractivity contribution is 7.92. The number of carbonyl (C=O) groups excluding carboxylic acids is 2. The summed E-state index contributed by atoms with van der Waals surface area (Å²) in [4.78, 5) is 29.4. The van der Waals surface area contributed by atoms with Gasteiger partial charge >= 0.3 is 0 Å². The molecule has 0 bridgehead atoms. The number of hydrogen-bond donors (Lipinski definition) is 1.